The fourth-order valence-corrected chi connectivity index (χ4v) is 1.57. The summed E-state index contributed by atoms with van der Waals surface area (Å²) < 4.78 is 36.9. The highest BCUT2D eigenvalue weighted by Crippen LogP contribution is 2.19. The van der Waals surface area contributed by atoms with Crippen LogP contribution in [0, 0.1) is 0 Å². The van der Waals surface area contributed by atoms with Crippen LogP contribution in [0.2, 0.25) is 0 Å². The molecule has 0 aromatic heterocycles. The van der Waals surface area contributed by atoms with E-state index in [9.17, 15) is 18.0 Å². The van der Waals surface area contributed by atoms with Crippen LogP contribution in [-0.2, 0) is 4.79 Å². The van der Waals surface area contributed by atoms with Gasteiger partial charge in [0.25, 0.3) is 0 Å². The van der Waals surface area contributed by atoms with Gasteiger partial charge in [-0.3, -0.25) is 15.1 Å². The van der Waals surface area contributed by atoms with Crippen molar-refractivity contribution >= 4 is 5.91 Å². The molecular weight excluding hydrogens is 235 g/mol. The minimum atomic E-state index is -4.21. The standard InChI is InChI=1S/C10H20F3N3O/c1-3-6-16(7-10(11,12)13)8(2)4-5-9(17)15-14/h8H,3-7,14H2,1-2H3,(H,15,17). The lowest BCUT2D eigenvalue weighted by molar-refractivity contribution is -0.150. The lowest BCUT2D eigenvalue weighted by atomic mass is 10.1. The molecule has 1 amide bonds. The number of halogens is 3. The van der Waals surface area contributed by atoms with E-state index < -0.39 is 12.7 Å². The zero-order valence-corrected chi connectivity index (χ0v) is 10.2. The smallest absolute Gasteiger partial charge is 0.294 e. The van der Waals surface area contributed by atoms with Crippen LogP contribution in [0.5, 0.6) is 0 Å². The van der Waals surface area contributed by atoms with Crippen LogP contribution in [0.15, 0.2) is 0 Å². The van der Waals surface area contributed by atoms with Crippen molar-refractivity contribution in [3.63, 3.8) is 0 Å². The Bertz CT molecular complexity index is 233. The number of hydrogen-bond donors (Lipinski definition) is 2. The summed E-state index contributed by atoms with van der Waals surface area (Å²) in [5.41, 5.74) is 1.96. The van der Waals surface area contributed by atoms with E-state index in [4.69, 9.17) is 5.84 Å². The molecule has 0 aliphatic rings. The lowest BCUT2D eigenvalue weighted by Crippen LogP contribution is -2.41. The minimum Gasteiger partial charge on any atom is -0.294 e. The Morgan fingerprint density at radius 2 is 2.06 bits per heavy atom. The molecule has 0 aromatic rings. The summed E-state index contributed by atoms with van der Waals surface area (Å²) in [5.74, 6) is 4.54. The second-order valence-corrected chi connectivity index (χ2v) is 4.04. The lowest BCUT2D eigenvalue weighted by Gasteiger charge is -2.29. The molecule has 0 spiro atoms. The van der Waals surface area contributed by atoms with Crippen LogP contribution in [-0.4, -0.2) is 36.1 Å². The normalized spacial score (nSPS) is 13.8. The molecule has 7 heteroatoms. The van der Waals surface area contributed by atoms with Crippen molar-refractivity contribution in [1.82, 2.24) is 10.3 Å². The first-order chi connectivity index (χ1) is 7.80. The third-order valence-corrected chi connectivity index (χ3v) is 2.47. The summed E-state index contributed by atoms with van der Waals surface area (Å²) in [6.45, 7) is 2.94. The number of alkyl halides is 3. The molecule has 0 heterocycles. The highest BCUT2D eigenvalue weighted by atomic mass is 19.4. The molecule has 1 unspecified atom stereocenters. The first-order valence-corrected chi connectivity index (χ1v) is 5.60. The molecule has 0 aliphatic carbocycles. The second-order valence-electron chi connectivity index (χ2n) is 4.04. The van der Waals surface area contributed by atoms with Crippen molar-refractivity contribution in [3.8, 4) is 0 Å². The highest BCUT2D eigenvalue weighted by molar-refractivity contribution is 5.75. The maximum Gasteiger partial charge on any atom is 0.401 e. The Morgan fingerprint density at radius 3 is 2.47 bits per heavy atom. The molecule has 17 heavy (non-hydrogen) atoms. The van der Waals surface area contributed by atoms with Gasteiger partial charge in [-0.2, -0.15) is 13.2 Å². The number of hydrogen-bond acceptors (Lipinski definition) is 3. The largest absolute Gasteiger partial charge is 0.401 e. The van der Waals surface area contributed by atoms with E-state index >= 15 is 0 Å². The molecule has 0 rings (SSSR count). The number of carbonyl (C=O) groups excluding carboxylic acids is 1. The summed E-state index contributed by atoms with van der Waals surface area (Å²) in [6.07, 6.45) is -3.07. The SMILES string of the molecule is CCCN(CC(F)(F)F)C(C)CCC(=O)NN. The molecule has 1 atom stereocenters. The van der Waals surface area contributed by atoms with Crippen molar-refractivity contribution < 1.29 is 18.0 Å². The molecule has 0 bridgehead atoms. The molecule has 0 fully saturated rings. The third-order valence-electron chi connectivity index (χ3n) is 2.47. The third kappa shape index (κ3) is 7.98. The highest BCUT2D eigenvalue weighted by Gasteiger charge is 2.32. The monoisotopic (exact) mass is 255 g/mol. The van der Waals surface area contributed by atoms with Crippen LogP contribution in [0.4, 0.5) is 13.2 Å². The number of carbonyl (C=O) groups is 1. The van der Waals surface area contributed by atoms with Crippen LogP contribution in [0.3, 0.4) is 0 Å². The van der Waals surface area contributed by atoms with Crippen molar-refractivity contribution in [2.75, 3.05) is 13.1 Å². The Labute approximate surface area is 99.3 Å². The Morgan fingerprint density at radius 1 is 1.47 bits per heavy atom. The van der Waals surface area contributed by atoms with Crippen molar-refractivity contribution in [1.29, 1.82) is 0 Å². The molecule has 0 radical (unpaired) electrons. The number of nitrogens with zero attached hydrogens (tertiary/aromatic N) is 1. The van der Waals surface area contributed by atoms with Gasteiger partial charge in [0.2, 0.25) is 5.91 Å². The summed E-state index contributed by atoms with van der Waals surface area (Å²) in [4.78, 5) is 12.2. The van der Waals surface area contributed by atoms with E-state index in [0.29, 0.717) is 19.4 Å². The first kappa shape index (κ1) is 16.2. The molecule has 0 saturated carbocycles. The molecule has 102 valence electrons. The molecule has 4 nitrogen and oxygen atoms in total. The predicted molar refractivity (Wildman–Crippen MR) is 58.9 cm³/mol. The zero-order valence-electron chi connectivity index (χ0n) is 10.2. The average molecular weight is 255 g/mol. The fraction of sp³-hybridized carbons (Fsp3) is 0.900. The van der Waals surface area contributed by atoms with Gasteiger partial charge >= 0.3 is 6.18 Å². The zero-order chi connectivity index (χ0) is 13.5. The van der Waals surface area contributed by atoms with Gasteiger partial charge in [-0.15, -0.1) is 0 Å². The first-order valence-electron chi connectivity index (χ1n) is 5.60. The fourth-order valence-electron chi connectivity index (χ4n) is 1.57. The van der Waals surface area contributed by atoms with Gasteiger partial charge in [0, 0.05) is 12.5 Å². The van der Waals surface area contributed by atoms with Crippen molar-refractivity contribution in [3.05, 3.63) is 0 Å². The Kier molecular flexibility index (Phi) is 7.13. The number of hydrazine groups is 1. The molecule has 0 aliphatic heterocycles. The quantitative estimate of drug-likeness (QED) is 0.411. The molecule has 0 saturated heterocycles. The molecule has 3 N–H and O–H groups in total. The van der Waals surface area contributed by atoms with E-state index in [2.05, 4.69) is 0 Å². The van der Waals surface area contributed by atoms with Crippen LogP contribution >= 0.6 is 0 Å². The van der Waals surface area contributed by atoms with Gasteiger partial charge in [0.15, 0.2) is 0 Å². The number of rotatable bonds is 7. The van der Waals surface area contributed by atoms with E-state index in [-0.39, 0.29) is 18.4 Å². The Hall–Kier alpha value is -0.820. The van der Waals surface area contributed by atoms with E-state index in [0.717, 1.165) is 0 Å². The van der Waals surface area contributed by atoms with Crippen LogP contribution in [0.1, 0.15) is 33.1 Å². The predicted octanol–water partition coefficient (Wildman–Crippen LogP) is 1.42. The van der Waals surface area contributed by atoms with E-state index in [1.54, 1.807) is 6.92 Å². The van der Waals surface area contributed by atoms with Crippen LogP contribution in [0.25, 0.3) is 0 Å². The number of amides is 1. The maximum absolute atomic E-state index is 12.3. The second kappa shape index (κ2) is 7.50. The van der Waals surface area contributed by atoms with Gasteiger partial charge in [0.1, 0.15) is 0 Å². The van der Waals surface area contributed by atoms with Gasteiger partial charge in [-0.05, 0) is 26.3 Å². The van der Waals surface area contributed by atoms with Gasteiger partial charge in [-0.1, -0.05) is 6.92 Å². The number of nitrogens with one attached hydrogen (secondary N) is 1. The summed E-state index contributed by atoms with van der Waals surface area (Å²) in [5, 5.41) is 0. The number of nitrogens with two attached hydrogens (primary N) is 1. The Balaban J connectivity index is 4.23. The summed E-state index contributed by atoms with van der Waals surface area (Å²) in [6, 6.07) is -0.297. The topological polar surface area (TPSA) is 58.4 Å². The maximum atomic E-state index is 12.3. The summed E-state index contributed by atoms with van der Waals surface area (Å²) >= 11 is 0. The molecule has 0 aromatic carbocycles. The van der Waals surface area contributed by atoms with Gasteiger partial charge in [-0.25, -0.2) is 5.84 Å². The average Bonchev–Trinajstić information content (AvgIpc) is 2.23. The summed E-state index contributed by atoms with van der Waals surface area (Å²) in [7, 11) is 0. The van der Waals surface area contributed by atoms with Crippen molar-refractivity contribution in [2.24, 2.45) is 5.84 Å². The van der Waals surface area contributed by atoms with E-state index in [1.165, 1.54) is 4.90 Å². The van der Waals surface area contributed by atoms with Gasteiger partial charge in [0.05, 0.1) is 6.54 Å². The van der Waals surface area contributed by atoms with Gasteiger partial charge < -0.3 is 0 Å². The van der Waals surface area contributed by atoms with Crippen molar-refractivity contribution in [2.45, 2.75) is 45.3 Å². The minimum absolute atomic E-state index is 0.135. The van der Waals surface area contributed by atoms with Crippen LogP contribution < -0.4 is 11.3 Å². The molecular formula is C10H20F3N3O. The van der Waals surface area contributed by atoms with E-state index in [1.807, 2.05) is 12.3 Å².